The Morgan fingerprint density at radius 1 is 1.17 bits per heavy atom. The summed E-state index contributed by atoms with van der Waals surface area (Å²) < 4.78 is 0. The van der Waals surface area contributed by atoms with Gasteiger partial charge in [0.05, 0.1) is 5.92 Å². The minimum atomic E-state index is -0.684. The number of carbonyl (C=O) groups is 1. The second-order valence-corrected chi connectivity index (χ2v) is 5.53. The highest BCUT2D eigenvalue weighted by Crippen LogP contribution is 2.37. The summed E-state index contributed by atoms with van der Waals surface area (Å²) in [5.41, 5.74) is 2.67. The molecule has 1 aliphatic heterocycles. The molecular formula is C15H19NO2. The zero-order valence-corrected chi connectivity index (χ0v) is 10.4. The highest BCUT2D eigenvalue weighted by molar-refractivity contribution is 5.70. The lowest BCUT2D eigenvalue weighted by Gasteiger charge is -2.26. The predicted molar refractivity (Wildman–Crippen MR) is 69.5 cm³/mol. The van der Waals surface area contributed by atoms with Crippen LogP contribution in [0.3, 0.4) is 0 Å². The van der Waals surface area contributed by atoms with E-state index >= 15 is 0 Å². The first-order valence-electron chi connectivity index (χ1n) is 6.80. The molecule has 3 nitrogen and oxygen atoms in total. The van der Waals surface area contributed by atoms with Crippen LogP contribution in [0.4, 0.5) is 0 Å². The topological polar surface area (TPSA) is 49.3 Å². The van der Waals surface area contributed by atoms with Gasteiger partial charge in [0.25, 0.3) is 0 Å². The SMILES string of the molecule is O=C(O)C1CNC(c2ccc(C3CCC3)cc2)C1. The van der Waals surface area contributed by atoms with Crippen LogP contribution < -0.4 is 5.32 Å². The molecule has 1 heterocycles. The van der Waals surface area contributed by atoms with Crippen LogP contribution in [0.1, 0.15) is 48.8 Å². The van der Waals surface area contributed by atoms with Crippen LogP contribution in [0, 0.1) is 5.92 Å². The first-order valence-corrected chi connectivity index (χ1v) is 6.80. The average Bonchev–Trinajstić information content (AvgIpc) is 2.77. The van der Waals surface area contributed by atoms with E-state index in [-0.39, 0.29) is 12.0 Å². The fourth-order valence-electron chi connectivity index (χ4n) is 2.92. The molecule has 0 spiro atoms. The van der Waals surface area contributed by atoms with E-state index in [2.05, 4.69) is 29.6 Å². The van der Waals surface area contributed by atoms with Crippen LogP contribution in [-0.2, 0) is 4.79 Å². The molecule has 18 heavy (non-hydrogen) atoms. The van der Waals surface area contributed by atoms with Crippen molar-refractivity contribution >= 4 is 5.97 Å². The smallest absolute Gasteiger partial charge is 0.307 e. The molecule has 0 radical (unpaired) electrons. The van der Waals surface area contributed by atoms with E-state index in [1.165, 1.54) is 30.4 Å². The van der Waals surface area contributed by atoms with Crippen molar-refractivity contribution in [2.24, 2.45) is 5.92 Å². The summed E-state index contributed by atoms with van der Waals surface area (Å²) in [6, 6.07) is 8.97. The van der Waals surface area contributed by atoms with Gasteiger partial charge in [0, 0.05) is 12.6 Å². The number of carboxylic acids is 1. The molecule has 2 fully saturated rings. The van der Waals surface area contributed by atoms with Crippen molar-refractivity contribution in [2.45, 2.75) is 37.6 Å². The third kappa shape index (κ3) is 2.15. The first kappa shape index (κ1) is 11.7. The van der Waals surface area contributed by atoms with Crippen molar-refractivity contribution in [3.05, 3.63) is 35.4 Å². The molecule has 1 saturated heterocycles. The zero-order valence-electron chi connectivity index (χ0n) is 10.4. The zero-order chi connectivity index (χ0) is 12.5. The molecule has 1 aromatic carbocycles. The van der Waals surface area contributed by atoms with Crippen LogP contribution in [0.25, 0.3) is 0 Å². The van der Waals surface area contributed by atoms with Gasteiger partial charge in [-0.1, -0.05) is 30.7 Å². The summed E-state index contributed by atoms with van der Waals surface area (Å²) in [6.07, 6.45) is 4.71. The third-order valence-corrected chi connectivity index (χ3v) is 4.40. The summed E-state index contributed by atoms with van der Waals surface area (Å²) in [6.45, 7) is 0.588. The summed E-state index contributed by atoms with van der Waals surface area (Å²) >= 11 is 0. The molecule has 0 amide bonds. The Morgan fingerprint density at radius 2 is 1.83 bits per heavy atom. The molecule has 2 N–H and O–H groups in total. The van der Waals surface area contributed by atoms with E-state index in [0.717, 1.165) is 5.92 Å². The van der Waals surface area contributed by atoms with Crippen LogP contribution >= 0.6 is 0 Å². The van der Waals surface area contributed by atoms with Crippen molar-refractivity contribution in [3.8, 4) is 0 Å². The molecule has 2 aliphatic rings. The Bertz CT molecular complexity index is 436. The van der Waals surface area contributed by atoms with E-state index in [0.29, 0.717) is 13.0 Å². The number of nitrogens with one attached hydrogen (secondary N) is 1. The maximum Gasteiger partial charge on any atom is 0.307 e. The average molecular weight is 245 g/mol. The van der Waals surface area contributed by atoms with Gasteiger partial charge in [-0.2, -0.15) is 0 Å². The third-order valence-electron chi connectivity index (χ3n) is 4.40. The van der Waals surface area contributed by atoms with E-state index in [1.54, 1.807) is 0 Å². The molecule has 3 heteroatoms. The molecule has 2 unspecified atom stereocenters. The van der Waals surface area contributed by atoms with Crippen molar-refractivity contribution in [1.82, 2.24) is 5.32 Å². The summed E-state index contributed by atoms with van der Waals surface area (Å²) in [4.78, 5) is 10.9. The standard InChI is InChI=1S/C15H19NO2/c17-15(18)13-8-14(16-9-13)12-6-4-11(5-7-12)10-2-1-3-10/h4-7,10,13-14,16H,1-3,8-9H2,(H,17,18). The minimum absolute atomic E-state index is 0.210. The number of aliphatic carboxylic acids is 1. The molecule has 0 bridgehead atoms. The molecular weight excluding hydrogens is 226 g/mol. The first-order chi connectivity index (χ1) is 8.74. The lowest BCUT2D eigenvalue weighted by molar-refractivity contribution is -0.141. The summed E-state index contributed by atoms with van der Waals surface area (Å²) in [5, 5.41) is 12.3. The predicted octanol–water partition coefficient (Wildman–Crippen LogP) is 2.69. The highest BCUT2D eigenvalue weighted by atomic mass is 16.4. The fraction of sp³-hybridized carbons (Fsp3) is 0.533. The van der Waals surface area contributed by atoms with Crippen LogP contribution in [0.5, 0.6) is 0 Å². The molecule has 3 rings (SSSR count). The molecule has 1 aromatic rings. The van der Waals surface area contributed by atoms with Crippen LogP contribution in [0.15, 0.2) is 24.3 Å². The van der Waals surface area contributed by atoms with Gasteiger partial charge in [-0.15, -0.1) is 0 Å². The van der Waals surface area contributed by atoms with Crippen LogP contribution in [0.2, 0.25) is 0 Å². The van der Waals surface area contributed by atoms with E-state index in [1.807, 2.05) is 0 Å². The molecule has 2 atom stereocenters. The second kappa shape index (κ2) is 4.73. The maximum absolute atomic E-state index is 10.9. The largest absolute Gasteiger partial charge is 0.481 e. The van der Waals surface area contributed by atoms with Gasteiger partial charge >= 0.3 is 5.97 Å². The van der Waals surface area contributed by atoms with Gasteiger partial charge in [0.15, 0.2) is 0 Å². The number of rotatable bonds is 3. The van der Waals surface area contributed by atoms with E-state index in [4.69, 9.17) is 5.11 Å². The lowest BCUT2D eigenvalue weighted by atomic mass is 9.80. The normalized spacial score (nSPS) is 28.0. The lowest BCUT2D eigenvalue weighted by Crippen LogP contribution is -2.17. The Hall–Kier alpha value is -1.35. The number of benzene rings is 1. The van der Waals surface area contributed by atoms with Crippen molar-refractivity contribution < 1.29 is 9.90 Å². The second-order valence-electron chi connectivity index (χ2n) is 5.53. The quantitative estimate of drug-likeness (QED) is 0.860. The van der Waals surface area contributed by atoms with Gasteiger partial charge in [-0.25, -0.2) is 0 Å². The van der Waals surface area contributed by atoms with E-state index < -0.39 is 5.97 Å². The van der Waals surface area contributed by atoms with Gasteiger partial charge in [0.2, 0.25) is 0 Å². The van der Waals surface area contributed by atoms with Gasteiger partial charge < -0.3 is 10.4 Å². The van der Waals surface area contributed by atoms with Gasteiger partial charge in [-0.3, -0.25) is 4.79 Å². The summed E-state index contributed by atoms with van der Waals surface area (Å²) in [7, 11) is 0. The van der Waals surface area contributed by atoms with Crippen molar-refractivity contribution in [3.63, 3.8) is 0 Å². The van der Waals surface area contributed by atoms with Crippen molar-refractivity contribution in [2.75, 3.05) is 6.54 Å². The molecule has 1 saturated carbocycles. The Labute approximate surface area is 107 Å². The summed E-state index contributed by atoms with van der Waals surface area (Å²) in [5.74, 6) is -0.153. The highest BCUT2D eigenvalue weighted by Gasteiger charge is 2.30. The monoisotopic (exact) mass is 245 g/mol. The molecule has 0 aromatic heterocycles. The number of hydrogen-bond acceptors (Lipinski definition) is 2. The Morgan fingerprint density at radius 3 is 2.33 bits per heavy atom. The maximum atomic E-state index is 10.9. The Kier molecular flexibility index (Phi) is 3.08. The molecule has 1 aliphatic carbocycles. The van der Waals surface area contributed by atoms with Crippen LogP contribution in [-0.4, -0.2) is 17.6 Å². The Balaban J connectivity index is 1.67. The number of carboxylic acid groups (broad SMARTS) is 1. The van der Waals surface area contributed by atoms with E-state index in [9.17, 15) is 4.79 Å². The fourth-order valence-corrected chi connectivity index (χ4v) is 2.92. The van der Waals surface area contributed by atoms with Gasteiger partial charge in [-0.05, 0) is 36.3 Å². The van der Waals surface area contributed by atoms with Crippen molar-refractivity contribution in [1.29, 1.82) is 0 Å². The number of hydrogen-bond donors (Lipinski definition) is 2. The minimum Gasteiger partial charge on any atom is -0.481 e. The molecule has 96 valence electrons. The van der Waals surface area contributed by atoms with Gasteiger partial charge in [0.1, 0.15) is 0 Å².